The summed E-state index contributed by atoms with van der Waals surface area (Å²) in [5, 5.41) is -0.348. The Balaban J connectivity index is 4.57. The molecule has 4 nitrogen and oxygen atoms in total. The van der Waals surface area contributed by atoms with Gasteiger partial charge in [0.15, 0.2) is 0 Å². The van der Waals surface area contributed by atoms with Gasteiger partial charge in [-0.05, 0) is 6.08 Å². The van der Waals surface area contributed by atoms with Gasteiger partial charge in [0.05, 0.1) is 6.61 Å². The third kappa shape index (κ3) is 2.89. The average Bonchev–Trinajstić information content (AvgIpc) is 2.19. The minimum Gasteiger partial charge on any atom is -0.372 e. The van der Waals surface area contributed by atoms with Crippen LogP contribution in [0.3, 0.4) is 0 Å². The van der Waals surface area contributed by atoms with E-state index in [1.54, 1.807) is 0 Å². The van der Waals surface area contributed by atoms with Gasteiger partial charge in [-0.25, -0.2) is 0 Å². The Labute approximate surface area is 79.2 Å². The molecule has 0 amide bonds. The predicted octanol–water partition coefficient (Wildman–Crippen LogP) is 0.715. The lowest BCUT2D eigenvalue weighted by atomic mass is 10.7. The van der Waals surface area contributed by atoms with Crippen molar-refractivity contribution in [3.05, 3.63) is 25.3 Å². The molecular weight excluding hydrogens is 188 g/mol. The zero-order chi connectivity index (χ0) is 10.3. The van der Waals surface area contributed by atoms with E-state index in [2.05, 4.69) is 13.2 Å². The van der Waals surface area contributed by atoms with Crippen LogP contribution in [-0.2, 0) is 18.1 Å². The Morgan fingerprint density at radius 2 is 1.92 bits per heavy atom. The third-order valence-electron chi connectivity index (χ3n) is 1.42. The molecule has 0 aliphatic carbocycles. The second kappa shape index (κ2) is 5.82. The second-order valence-electron chi connectivity index (χ2n) is 2.13. The van der Waals surface area contributed by atoms with Gasteiger partial charge in [0.2, 0.25) is 5.41 Å². The Morgan fingerprint density at radius 3 is 2.23 bits per heavy atom. The molecule has 0 fully saturated rings. The van der Waals surface area contributed by atoms with E-state index in [0.29, 0.717) is 0 Å². The third-order valence-corrected chi connectivity index (χ3v) is 3.85. The molecule has 0 aliphatic heterocycles. The first-order valence-corrected chi connectivity index (χ1v) is 5.41. The summed E-state index contributed by atoms with van der Waals surface area (Å²) in [6.07, 6.45) is 2.67. The first kappa shape index (κ1) is 12.2. The average molecular weight is 202 g/mol. The Morgan fingerprint density at radius 1 is 1.38 bits per heavy atom. The molecule has 0 bridgehead atoms. The number of allylic oxidation sites excluding steroid dienone is 1. The highest BCUT2D eigenvalue weighted by Crippen LogP contribution is 2.09. The predicted molar refractivity (Wildman–Crippen MR) is 51.1 cm³/mol. The molecule has 5 heteroatoms. The van der Waals surface area contributed by atoms with Crippen molar-refractivity contribution in [3.63, 3.8) is 0 Å². The minimum absolute atomic E-state index is 0.216. The fourth-order valence-corrected chi connectivity index (χ4v) is 2.30. The van der Waals surface area contributed by atoms with Crippen molar-refractivity contribution in [2.75, 3.05) is 20.8 Å². The molecule has 13 heavy (non-hydrogen) atoms. The fraction of sp³-hybridized carbons (Fsp3) is 0.375. The van der Waals surface area contributed by atoms with Crippen molar-refractivity contribution in [2.45, 2.75) is 0 Å². The summed E-state index contributed by atoms with van der Waals surface area (Å²) in [6, 6.07) is 0. The van der Waals surface area contributed by atoms with Gasteiger partial charge < -0.3 is 13.3 Å². The van der Waals surface area contributed by atoms with E-state index in [1.165, 1.54) is 20.3 Å². The Kier molecular flexibility index (Phi) is 5.48. The number of hydrogen-bond donors (Lipinski definition) is 0. The quantitative estimate of drug-likeness (QED) is 0.346. The Bertz CT molecular complexity index is 198. The molecule has 0 spiro atoms. The molecule has 0 aromatic heterocycles. The summed E-state index contributed by atoms with van der Waals surface area (Å²) in [6.45, 7) is 7.03. The molecule has 0 radical (unpaired) electrons. The van der Waals surface area contributed by atoms with Gasteiger partial charge in [-0.2, -0.15) is 0 Å². The van der Waals surface area contributed by atoms with E-state index in [1.807, 2.05) is 0 Å². The van der Waals surface area contributed by atoms with Crippen LogP contribution in [0.15, 0.2) is 25.3 Å². The summed E-state index contributed by atoms with van der Waals surface area (Å²) in [7, 11) is -0.446. The highest BCUT2D eigenvalue weighted by Gasteiger charge is 2.46. The van der Waals surface area contributed by atoms with Gasteiger partial charge in [-0.15, -0.1) is 6.58 Å². The van der Waals surface area contributed by atoms with E-state index in [0.717, 1.165) is 6.08 Å². The lowest BCUT2D eigenvalue weighted by molar-refractivity contribution is -0.114. The first-order valence-electron chi connectivity index (χ1n) is 3.69. The van der Waals surface area contributed by atoms with Crippen molar-refractivity contribution < 1.29 is 18.1 Å². The monoisotopic (exact) mass is 202 g/mol. The molecule has 0 saturated carbocycles. The first-order chi connectivity index (χ1) is 6.16. The Hall–Kier alpha value is -0.753. The van der Waals surface area contributed by atoms with Crippen LogP contribution < -0.4 is 0 Å². The number of rotatable bonds is 7. The van der Waals surface area contributed by atoms with Crippen LogP contribution in [0.1, 0.15) is 0 Å². The molecule has 0 aromatic carbocycles. The zero-order valence-corrected chi connectivity index (χ0v) is 8.91. The fourth-order valence-electron chi connectivity index (χ4n) is 0.767. The molecule has 0 atom stereocenters. The summed E-state index contributed by atoms with van der Waals surface area (Å²) in [5.74, 6) is 0. The minimum atomic E-state index is -3.20. The van der Waals surface area contributed by atoms with Crippen LogP contribution in [0.25, 0.3) is 0 Å². The van der Waals surface area contributed by atoms with E-state index in [9.17, 15) is 4.79 Å². The van der Waals surface area contributed by atoms with Crippen molar-refractivity contribution >= 4 is 14.2 Å². The second-order valence-corrected chi connectivity index (χ2v) is 4.84. The van der Waals surface area contributed by atoms with Gasteiger partial charge in [0, 0.05) is 14.2 Å². The van der Waals surface area contributed by atoms with E-state index < -0.39 is 8.80 Å². The number of carbonyl (C=O) groups excluding carboxylic acids is 1. The summed E-state index contributed by atoms with van der Waals surface area (Å²) in [5.41, 5.74) is 0. The standard InChI is InChI=1S/C8H14O4Si/c1-5-7-12-13(10-3,11-4)8(9)6-2/h5-6H,1-2,7H2,3-4H3. The van der Waals surface area contributed by atoms with Crippen molar-refractivity contribution in [2.24, 2.45) is 0 Å². The van der Waals surface area contributed by atoms with E-state index >= 15 is 0 Å². The normalized spacial score (nSPS) is 10.9. The van der Waals surface area contributed by atoms with Crippen LogP contribution in [0, 0.1) is 0 Å². The molecule has 0 rings (SSSR count). The molecule has 0 unspecified atom stereocenters. The molecule has 74 valence electrons. The van der Waals surface area contributed by atoms with Crippen LogP contribution in [0.4, 0.5) is 0 Å². The van der Waals surface area contributed by atoms with Gasteiger partial charge in [0.1, 0.15) is 0 Å². The molecule has 0 aliphatic rings. The lowest BCUT2D eigenvalue weighted by Gasteiger charge is -2.22. The van der Waals surface area contributed by atoms with Crippen LogP contribution in [-0.4, -0.2) is 35.0 Å². The number of hydrogen-bond acceptors (Lipinski definition) is 4. The topological polar surface area (TPSA) is 44.8 Å². The maximum absolute atomic E-state index is 11.3. The lowest BCUT2D eigenvalue weighted by Crippen LogP contribution is -2.51. The van der Waals surface area contributed by atoms with Crippen LogP contribution in [0.2, 0.25) is 0 Å². The van der Waals surface area contributed by atoms with Crippen molar-refractivity contribution in [3.8, 4) is 0 Å². The number of carbonyl (C=O) groups is 1. The largest absolute Gasteiger partial charge is 0.579 e. The summed E-state index contributed by atoms with van der Waals surface area (Å²) in [4.78, 5) is 11.3. The van der Waals surface area contributed by atoms with E-state index in [4.69, 9.17) is 13.3 Å². The molecule has 0 N–H and O–H groups in total. The molecule has 0 heterocycles. The van der Waals surface area contributed by atoms with Crippen LogP contribution in [0.5, 0.6) is 0 Å². The summed E-state index contributed by atoms with van der Waals surface area (Å²) >= 11 is 0. The SMILES string of the molecule is C=CCO[Si](OC)(OC)C(=O)C=C. The van der Waals surface area contributed by atoms with Crippen LogP contribution >= 0.6 is 0 Å². The zero-order valence-electron chi connectivity index (χ0n) is 7.91. The van der Waals surface area contributed by atoms with Gasteiger partial charge in [-0.1, -0.05) is 12.7 Å². The molecular formula is C8H14O4Si. The van der Waals surface area contributed by atoms with E-state index in [-0.39, 0.29) is 12.0 Å². The van der Waals surface area contributed by atoms with Crippen molar-refractivity contribution in [1.29, 1.82) is 0 Å². The maximum atomic E-state index is 11.3. The molecule has 0 aromatic rings. The summed E-state index contributed by atoms with van der Waals surface area (Å²) < 4.78 is 15.1. The smallest absolute Gasteiger partial charge is 0.372 e. The van der Waals surface area contributed by atoms with Gasteiger partial charge >= 0.3 is 8.80 Å². The highest BCUT2D eigenvalue weighted by molar-refractivity contribution is 6.94. The van der Waals surface area contributed by atoms with Crippen molar-refractivity contribution in [1.82, 2.24) is 0 Å². The maximum Gasteiger partial charge on any atom is 0.579 e. The highest BCUT2D eigenvalue weighted by atomic mass is 28.4. The molecule has 0 saturated heterocycles. The van der Waals surface area contributed by atoms with Gasteiger partial charge in [0.25, 0.3) is 0 Å². The van der Waals surface area contributed by atoms with Gasteiger partial charge in [-0.3, -0.25) is 4.79 Å².